The number of hydrogen-bond donors (Lipinski definition) is 1. The van der Waals surface area contributed by atoms with E-state index in [0.717, 1.165) is 5.56 Å². The van der Waals surface area contributed by atoms with Crippen LogP contribution in [0.15, 0.2) is 46.1 Å². The van der Waals surface area contributed by atoms with E-state index in [9.17, 15) is 18.0 Å². The molecule has 0 saturated heterocycles. The van der Waals surface area contributed by atoms with Crippen LogP contribution >= 0.6 is 11.6 Å². The molecule has 0 saturated carbocycles. The molecule has 1 heterocycles. The summed E-state index contributed by atoms with van der Waals surface area (Å²) in [6.45, 7) is 2.01. The first-order chi connectivity index (χ1) is 12.3. The second-order valence-corrected chi connectivity index (χ2v) is 8.70. The summed E-state index contributed by atoms with van der Waals surface area (Å²) in [7, 11) is -3.23. The Kier molecular flexibility index (Phi) is 7.19. The monoisotopic (exact) mass is 400 g/mol. The maximum atomic E-state index is 12.2. The first-order valence-electron chi connectivity index (χ1n) is 8.10. The summed E-state index contributed by atoms with van der Waals surface area (Å²) in [5, 5.41) is 0.613. The average molecular weight is 401 g/mol. The van der Waals surface area contributed by atoms with Crippen LogP contribution in [0.4, 0.5) is 0 Å². The molecule has 0 aliphatic rings. The average Bonchev–Trinajstić information content (AvgIpc) is 2.56. The molecule has 1 aromatic heterocycles. The number of benzene rings is 1. The van der Waals surface area contributed by atoms with Crippen molar-refractivity contribution in [3.05, 3.63) is 68.0 Å². The largest absolute Gasteiger partial charge is 0.361 e. The molecule has 1 aromatic carbocycles. The maximum Gasteiger partial charge on any atom is 0.330 e. The quantitative estimate of drug-likeness (QED) is 0.647. The Morgan fingerprint density at radius 3 is 2.54 bits per heavy atom. The molecule has 7 nitrogen and oxygen atoms in total. The van der Waals surface area contributed by atoms with Crippen LogP contribution < -0.4 is 11.2 Å². The van der Waals surface area contributed by atoms with E-state index in [4.69, 9.17) is 16.3 Å². The number of rotatable bonds is 9. The topological polar surface area (TPSA) is 98.2 Å². The van der Waals surface area contributed by atoms with Crippen LogP contribution in [0.3, 0.4) is 0 Å². The first kappa shape index (κ1) is 20.4. The molecule has 0 aliphatic carbocycles. The predicted octanol–water partition coefficient (Wildman–Crippen LogP) is 1.77. The van der Waals surface area contributed by atoms with Gasteiger partial charge in [-0.2, -0.15) is 0 Å². The number of nitrogens with one attached hydrogen (secondary N) is 1. The van der Waals surface area contributed by atoms with Crippen molar-refractivity contribution in [2.24, 2.45) is 0 Å². The maximum absolute atomic E-state index is 12.2. The number of nitrogens with zero attached hydrogens (tertiary/aromatic N) is 1. The van der Waals surface area contributed by atoms with Crippen LogP contribution in [0.5, 0.6) is 0 Å². The normalized spacial score (nSPS) is 12.8. The van der Waals surface area contributed by atoms with Gasteiger partial charge in [0.2, 0.25) is 0 Å². The van der Waals surface area contributed by atoms with Crippen LogP contribution in [0.25, 0.3) is 0 Å². The molecule has 142 valence electrons. The Bertz CT molecular complexity index is 935. The van der Waals surface area contributed by atoms with Gasteiger partial charge in [-0.1, -0.05) is 30.7 Å². The Labute approximate surface area is 156 Å². The van der Waals surface area contributed by atoms with Crippen molar-refractivity contribution in [1.29, 1.82) is 0 Å². The molecule has 0 amide bonds. The van der Waals surface area contributed by atoms with Gasteiger partial charge in [0.25, 0.3) is 5.56 Å². The molecule has 9 heteroatoms. The summed E-state index contributed by atoms with van der Waals surface area (Å²) in [6, 6.07) is 8.35. The van der Waals surface area contributed by atoms with Crippen molar-refractivity contribution in [1.82, 2.24) is 9.55 Å². The van der Waals surface area contributed by atoms with Crippen LogP contribution in [0.2, 0.25) is 5.02 Å². The third kappa shape index (κ3) is 6.44. The van der Waals surface area contributed by atoms with E-state index in [1.807, 2.05) is 19.1 Å². The van der Waals surface area contributed by atoms with Gasteiger partial charge < -0.3 is 4.74 Å². The van der Waals surface area contributed by atoms with Crippen LogP contribution in [0, 0.1) is 0 Å². The summed E-state index contributed by atoms with van der Waals surface area (Å²) >= 11 is 5.84. The van der Waals surface area contributed by atoms with E-state index >= 15 is 0 Å². The van der Waals surface area contributed by atoms with Gasteiger partial charge in [-0.15, -0.1) is 0 Å². The minimum atomic E-state index is -3.23. The molecule has 1 atom stereocenters. The molecule has 26 heavy (non-hydrogen) atoms. The number of halogens is 1. The van der Waals surface area contributed by atoms with E-state index in [0.29, 0.717) is 11.4 Å². The fraction of sp³-hybridized carbons (Fsp3) is 0.412. The second kappa shape index (κ2) is 9.16. The highest BCUT2D eigenvalue weighted by atomic mass is 35.5. The molecule has 0 spiro atoms. The minimum absolute atomic E-state index is 0.00541. The second-order valence-electron chi connectivity index (χ2n) is 6.04. The molecule has 0 bridgehead atoms. The third-order valence-corrected chi connectivity index (χ3v) is 5.98. The Balaban J connectivity index is 1.76. The molecule has 0 radical (unpaired) electrons. The highest BCUT2D eigenvalue weighted by molar-refractivity contribution is 7.91. The fourth-order valence-corrected chi connectivity index (χ4v) is 4.25. The summed E-state index contributed by atoms with van der Waals surface area (Å²) in [6.07, 6.45) is 1.65. The molecule has 0 aliphatic heterocycles. The van der Waals surface area contributed by atoms with E-state index < -0.39 is 21.1 Å². The van der Waals surface area contributed by atoms with Crippen molar-refractivity contribution in [3.8, 4) is 0 Å². The van der Waals surface area contributed by atoms with E-state index in [1.54, 1.807) is 12.1 Å². The zero-order chi connectivity index (χ0) is 19.2. The van der Waals surface area contributed by atoms with E-state index in [1.165, 1.54) is 16.8 Å². The van der Waals surface area contributed by atoms with Gasteiger partial charge in [-0.05, 0) is 30.0 Å². The highest BCUT2D eigenvalue weighted by Crippen LogP contribution is 2.20. The number of sulfone groups is 1. The van der Waals surface area contributed by atoms with E-state index in [2.05, 4.69) is 4.98 Å². The van der Waals surface area contributed by atoms with Gasteiger partial charge in [0.15, 0.2) is 9.84 Å². The lowest BCUT2D eigenvalue weighted by atomic mass is 10.0. The van der Waals surface area contributed by atoms with Crippen LogP contribution in [-0.2, 0) is 21.3 Å². The SMILES string of the molecule is CC(CS(=O)(=O)CCCOCn1ccc(=O)[nH]c1=O)c1ccc(Cl)cc1. The smallest absolute Gasteiger partial charge is 0.330 e. The zero-order valence-electron chi connectivity index (χ0n) is 14.4. The molecule has 2 rings (SSSR count). The van der Waals surface area contributed by atoms with Crippen LogP contribution in [-0.4, -0.2) is 36.1 Å². The summed E-state index contributed by atoms with van der Waals surface area (Å²) < 4.78 is 31.0. The summed E-state index contributed by atoms with van der Waals surface area (Å²) in [5.74, 6) is -0.0719. The molecule has 1 N–H and O–H groups in total. The number of H-pyrrole nitrogens is 1. The van der Waals surface area contributed by atoms with Crippen molar-refractivity contribution < 1.29 is 13.2 Å². The van der Waals surface area contributed by atoms with Crippen molar-refractivity contribution >= 4 is 21.4 Å². The number of aromatic nitrogens is 2. The molecule has 1 unspecified atom stereocenters. The van der Waals surface area contributed by atoms with Crippen molar-refractivity contribution in [3.63, 3.8) is 0 Å². The molecular formula is C17H21ClN2O5S. The number of ether oxygens (including phenoxy) is 1. The Hall–Kier alpha value is -1.90. The molecular weight excluding hydrogens is 380 g/mol. The summed E-state index contributed by atoms with van der Waals surface area (Å²) in [5.41, 5.74) is -0.124. The highest BCUT2D eigenvalue weighted by Gasteiger charge is 2.17. The van der Waals surface area contributed by atoms with Gasteiger partial charge in [-0.25, -0.2) is 13.2 Å². The molecule has 2 aromatic rings. The molecule has 0 fully saturated rings. The lowest BCUT2D eigenvalue weighted by molar-refractivity contribution is 0.0745. The van der Waals surface area contributed by atoms with Gasteiger partial charge in [0, 0.05) is 23.9 Å². The van der Waals surface area contributed by atoms with E-state index in [-0.39, 0.29) is 30.8 Å². The van der Waals surface area contributed by atoms with Crippen molar-refractivity contribution in [2.45, 2.75) is 26.0 Å². The lowest BCUT2D eigenvalue weighted by Crippen LogP contribution is -2.29. The van der Waals surface area contributed by atoms with Gasteiger partial charge in [0.05, 0.1) is 11.5 Å². The zero-order valence-corrected chi connectivity index (χ0v) is 15.9. The Morgan fingerprint density at radius 2 is 1.88 bits per heavy atom. The lowest BCUT2D eigenvalue weighted by Gasteiger charge is -2.13. The van der Waals surface area contributed by atoms with Gasteiger partial charge in [-0.3, -0.25) is 14.3 Å². The van der Waals surface area contributed by atoms with Gasteiger partial charge >= 0.3 is 5.69 Å². The predicted molar refractivity (Wildman–Crippen MR) is 100 cm³/mol. The third-order valence-electron chi connectivity index (χ3n) is 3.81. The standard InChI is InChI=1S/C17H21ClN2O5S/c1-13(14-3-5-15(18)6-4-14)11-26(23,24)10-2-9-25-12-20-8-7-16(21)19-17(20)22/h3-8,13H,2,9-12H2,1H3,(H,19,21,22). The van der Waals surface area contributed by atoms with Gasteiger partial charge in [0.1, 0.15) is 6.73 Å². The fourth-order valence-electron chi connectivity index (χ4n) is 2.44. The van der Waals surface area contributed by atoms with Crippen molar-refractivity contribution in [2.75, 3.05) is 18.1 Å². The number of hydrogen-bond acceptors (Lipinski definition) is 5. The Morgan fingerprint density at radius 1 is 1.19 bits per heavy atom. The summed E-state index contributed by atoms with van der Waals surface area (Å²) in [4.78, 5) is 24.5. The minimum Gasteiger partial charge on any atom is -0.361 e. The first-order valence-corrected chi connectivity index (χ1v) is 10.3. The number of aromatic amines is 1. The van der Waals surface area contributed by atoms with Crippen LogP contribution in [0.1, 0.15) is 24.8 Å².